The Morgan fingerprint density at radius 3 is 2.57 bits per heavy atom. The van der Waals surface area contributed by atoms with Crippen LogP contribution in [0.5, 0.6) is 0 Å². The number of rotatable bonds is 7. The highest BCUT2D eigenvalue weighted by molar-refractivity contribution is 14.1. The van der Waals surface area contributed by atoms with E-state index >= 15 is 0 Å². The van der Waals surface area contributed by atoms with Crippen molar-refractivity contribution in [2.24, 2.45) is 0 Å². The van der Waals surface area contributed by atoms with Crippen molar-refractivity contribution in [2.45, 2.75) is 23.4 Å². The Morgan fingerprint density at radius 1 is 1.52 bits per heavy atom. The Balaban J connectivity index is 3.44. The Kier molecular flexibility index (Phi) is 7.26. The zero-order valence-corrected chi connectivity index (χ0v) is 16.9. The molecular weight excluding hydrogens is 534 g/mol. The maximum Gasteiger partial charge on any atom is 0.339 e. The number of halogens is 2. The molecule has 1 aromatic rings. The molecule has 0 aliphatic rings. The standard InChI is InChI=1S/C13H14I2N2O6/c1-7(14)23-6-13(2,12(15)19)10-9(17(20)21)4-8(5-16-10)11(18)22-3/h4-5,7H,6H2,1-3H3. The van der Waals surface area contributed by atoms with Gasteiger partial charge in [-0.2, -0.15) is 0 Å². The summed E-state index contributed by atoms with van der Waals surface area (Å²) in [6, 6.07) is 1.06. The van der Waals surface area contributed by atoms with Crippen LogP contribution in [0.3, 0.4) is 0 Å². The third kappa shape index (κ3) is 4.79. The number of nitrogens with zero attached hydrogens (tertiary/aromatic N) is 2. The van der Waals surface area contributed by atoms with Gasteiger partial charge in [0.25, 0.3) is 5.69 Å². The van der Waals surface area contributed by atoms with Gasteiger partial charge in [-0.25, -0.2) is 4.79 Å². The van der Waals surface area contributed by atoms with Crippen LogP contribution in [-0.2, 0) is 19.7 Å². The highest BCUT2D eigenvalue weighted by atomic mass is 127. The average Bonchev–Trinajstić information content (AvgIpc) is 2.50. The molecule has 0 saturated carbocycles. The summed E-state index contributed by atoms with van der Waals surface area (Å²) in [5, 5.41) is 11.3. The monoisotopic (exact) mass is 548 g/mol. The largest absolute Gasteiger partial charge is 0.465 e. The van der Waals surface area contributed by atoms with Crippen molar-refractivity contribution in [3.05, 3.63) is 33.6 Å². The van der Waals surface area contributed by atoms with E-state index in [2.05, 4.69) is 9.72 Å². The molecule has 2 unspecified atom stereocenters. The lowest BCUT2D eigenvalue weighted by molar-refractivity contribution is -0.386. The lowest BCUT2D eigenvalue weighted by atomic mass is 9.87. The minimum absolute atomic E-state index is 0.0494. The van der Waals surface area contributed by atoms with Crippen LogP contribution >= 0.6 is 45.2 Å². The molecule has 0 fully saturated rings. The predicted molar refractivity (Wildman–Crippen MR) is 98.0 cm³/mol. The molecule has 0 bridgehead atoms. The Hall–Kier alpha value is -0.890. The average molecular weight is 548 g/mol. The van der Waals surface area contributed by atoms with Crippen LogP contribution in [-0.4, -0.2) is 37.5 Å². The summed E-state index contributed by atoms with van der Waals surface area (Å²) in [6.45, 7) is 3.24. The maximum atomic E-state index is 12.1. The molecule has 2 atom stereocenters. The Labute approximate surface area is 159 Å². The lowest BCUT2D eigenvalue weighted by Crippen LogP contribution is -2.37. The molecule has 0 amide bonds. The molecule has 10 heteroatoms. The fourth-order valence-corrected chi connectivity index (χ4v) is 2.34. The van der Waals surface area contributed by atoms with Gasteiger partial charge in [-0.05, 0) is 13.8 Å². The molecule has 0 aliphatic heterocycles. The Bertz CT molecular complexity index is 637. The summed E-state index contributed by atoms with van der Waals surface area (Å²) in [4.78, 5) is 38.3. The van der Waals surface area contributed by atoms with Crippen molar-refractivity contribution < 1.29 is 24.0 Å². The van der Waals surface area contributed by atoms with Gasteiger partial charge in [0.1, 0.15) is 15.2 Å². The number of methoxy groups -OCH3 is 1. The quantitative estimate of drug-likeness (QED) is 0.129. The van der Waals surface area contributed by atoms with Crippen molar-refractivity contribution in [2.75, 3.05) is 13.7 Å². The molecule has 0 radical (unpaired) electrons. The van der Waals surface area contributed by atoms with Gasteiger partial charge in [0.15, 0.2) is 0 Å². The summed E-state index contributed by atoms with van der Waals surface area (Å²) in [6.07, 6.45) is 1.15. The molecule has 8 nitrogen and oxygen atoms in total. The number of ether oxygens (including phenoxy) is 2. The molecule has 1 rings (SSSR count). The SMILES string of the molecule is COC(=O)c1cnc(C(C)(COC(C)I)C(=O)I)c([N+](=O)[O-])c1. The maximum absolute atomic E-state index is 12.1. The number of carbonyl (C=O) groups excluding carboxylic acids is 2. The second-order valence-electron chi connectivity index (χ2n) is 4.80. The van der Waals surface area contributed by atoms with Gasteiger partial charge in [0, 0.05) is 34.9 Å². The van der Waals surface area contributed by atoms with Crippen LogP contribution < -0.4 is 0 Å². The molecule has 0 saturated heterocycles. The van der Waals surface area contributed by atoms with Crippen LogP contribution in [0.1, 0.15) is 29.9 Å². The first-order valence-electron chi connectivity index (χ1n) is 6.32. The number of nitro groups is 1. The first kappa shape index (κ1) is 20.2. The van der Waals surface area contributed by atoms with E-state index in [1.165, 1.54) is 6.92 Å². The van der Waals surface area contributed by atoms with Gasteiger partial charge in [-0.15, -0.1) is 0 Å². The Morgan fingerprint density at radius 2 is 2.13 bits per heavy atom. The van der Waals surface area contributed by atoms with Crippen molar-refractivity contribution >= 4 is 60.6 Å². The predicted octanol–water partition coefficient (Wildman–Crippen LogP) is 2.79. The van der Waals surface area contributed by atoms with E-state index in [1.54, 1.807) is 29.5 Å². The van der Waals surface area contributed by atoms with Crippen LogP contribution in [0.25, 0.3) is 0 Å². The van der Waals surface area contributed by atoms with Crippen molar-refractivity contribution in [3.63, 3.8) is 0 Å². The number of hydrogen-bond donors (Lipinski definition) is 0. The van der Waals surface area contributed by atoms with Gasteiger partial charge >= 0.3 is 5.97 Å². The number of hydrogen-bond acceptors (Lipinski definition) is 7. The lowest BCUT2D eigenvalue weighted by Gasteiger charge is -2.25. The zero-order valence-electron chi connectivity index (χ0n) is 12.5. The van der Waals surface area contributed by atoms with E-state index in [-0.39, 0.29) is 25.8 Å². The second-order valence-corrected chi connectivity index (χ2v) is 7.53. The number of aromatic nitrogens is 1. The fraction of sp³-hybridized carbons (Fsp3) is 0.462. The van der Waals surface area contributed by atoms with Gasteiger partial charge in [0.05, 0.1) is 24.2 Å². The smallest absolute Gasteiger partial charge is 0.339 e. The second kappa shape index (κ2) is 8.28. The molecule has 1 aromatic heterocycles. The molecule has 1 heterocycles. The summed E-state index contributed by atoms with van der Waals surface area (Å²) < 4.78 is 9.45. The summed E-state index contributed by atoms with van der Waals surface area (Å²) >= 11 is 3.58. The van der Waals surface area contributed by atoms with Crippen LogP contribution in [0.4, 0.5) is 5.69 Å². The topological polar surface area (TPSA) is 109 Å². The minimum Gasteiger partial charge on any atom is -0.465 e. The number of alkyl halides is 1. The highest BCUT2D eigenvalue weighted by Crippen LogP contribution is 2.34. The van der Waals surface area contributed by atoms with E-state index in [0.717, 1.165) is 19.4 Å². The first-order chi connectivity index (χ1) is 10.6. The van der Waals surface area contributed by atoms with E-state index in [1.807, 2.05) is 22.6 Å². The van der Waals surface area contributed by atoms with Gasteiger partial charge in [0.2, 0.25) is 3.79 Å². The molecule has 126 valence electrons. The van der Waals surface area contributed by atoms with Crippen molar-refractivity contribution in [1.29, 1.82) is 0 Å². The van der Waals surface area contributed by atoms with Crippen LogP contribution in [0, 0.1) is 10.1 Å². The minimum atomic E-state index is -1.31. The molecule has 0 N–H and O–H groups in total. The summed E-state index contributed by atoms with van der Waals surface area (Å²) in [7, 11) is 1.16. The number of pyridine rings is 1. The summed E-state index contributed by atoms with van der Waals surface area (Å²) in [5.74, 6) is -0.744. The highest BCUT2D eigenvalue weighted by Gasteiger charge is 2.41. The summed E-state index contributed by atoms with van der Waals surface area (Å²) in [5.41, 5.74) is -1.84. The van der Waals surface area contributed by atoms with Crippen molar-refractivity contribution in [1.82, 2.24) is 4.98 Å². The van der Waals surface area contributed by atoms with Crippen LogP contribution in [0.15, 0.2) is 12.3 Å². The molecule has 0 aromatic carbocycles. The first-order valence-corrected chi connectivity index (χ1v) is 8.64. The number of esters is 1. The van der Waals surface area contributed by atoms with E-state index in [0.29, 0.717) is 0 Å². The molecule has 23 heavy (non-hydrogen) atoms. The van der Waals surface area contributed by atoms with Gasteiger partial charge in [-0.1, -0.05) is 22.6 Å². The van der Waals surface area contributed by atoms with E-state index in [9.17, 15) is 19.7 Å². The molecule has 0 aliphatic carbocycles. The van der Waals surface area contributed by atoms with Crippen molar-refractivity contribution in [3.8, 4) is 0 Å². The fourth-order valence-electron chi connectivity index (χ4n) is 1.75. The number of carbonyl (C=O) groups is 2. The van der Waals surface area contributed by atoms with Gasteiger partial charge < -0.3 is 9.47 Å². The van der Waals surface area contributed by atoms with Gasteiger partial charge in [-0.3, -0.25) is 19.9 Å². The third-order valence-electron chi connectivity index (χ3n) is 3.04. The molecule has 0 spiro atoms. The normalized spacial score (nSPS) is 14.7. The van der Waals surface area contributed by atoms with E-state index < -0.39 is 22.0 Å². The third-order valence-corrected chi connectivity index (χ3v) is 4.59. The molecular formula is C13H14I2N2O6. The van der Waals surface area contributed by atoms with Crippen LogP contribution in [0.2, 0.25) is 0 Å². The zero-order chi connectivity index (χ0) is 17.8. The van der Waals surface area contributed by atoms with E-state index in [4.69, 9.17) is 4.74 Å².